The number of sulfonamides is 1. The Bertz CT molecular complexity index is 605. The molecule has 0 heterocycles. The van der Waals surface area contributed by atoms with E-state index in [2.05, 4.69) is 20.3 Å². The highest BCUT2D eigenvalue weighted by Crippen LogP contribution is 2.14. The molecule has 0 saturated heterocycles. The first-order valence-electron chi connectivity index (χ1n) is 7.71. The number of rotatable bonds is 9. The van der Waals surface area contributed by atoms with E-state index in [1.807, 2.05) is 31.2 Å². The minimum atomic E-state index is -3.16. The monoisotopic (exact) mass is 360 g/mol. The Morgan fingerprint density at radius 1 is 1.17 bits per heavy atom. The van der Waals surface area contributed by atoms with Crippen LogP contribution in [0.1, 0.15) is 19.4 Å². The largest absolute Gasteiger partial charge is 0.357 e. The Morgan fingerprint density at radius 2 is 1.91 bits per heavy atom. The fourth-order valence-corrected chi connectivity index (χ4v) is 2.67. The Hall–Kier alpha value is -1.31. The molecule has 0 unspecified atom stereocenters. The van der Waals surface area contributed by atoms with Crippen molar-refractivity contribution in [2.75, 3.05) is 31.9 Å². The first-order valence-corrected chi connectivity index (χ1v) is 9.74. The van der Waals surface area contributed by atoms with Crippen molar-refractivity contribution in [1.82, 2.24) is 15.4 Å². The molecule has 0 aliphatic carbocycles. The summed E-state index contributed by atoms with van der Waals surface area (Å²) in [5.41, 5.74) is 1.08. The zero-order chi connectivity index (χ0) is 17.1. The average molecular weight is 361 g/mol. The third-order valence-corrected chi connectivity index (χ3v) is 4.85. The SMILES string of the molecule is CCNC(=NCCNS(=O)(=O)CC)NCCc1ccccc1Cl. The van der Waals surface area contributed by atoms with Crippen molar-refractivity contribution in [1.29, 1.82) is 0 Å². The van der Waals surface area contributed by atoms with Crippen LogP contribution in [0.3, 0.4) is 0 Å². The molecule has 0 aromatic heterocycles. The lowest BCUT2D eigenvalue weighted by atomic mass is 10.1. The molecule has 0 amide bonds. The topological polar surface area (TPSA) is 82.6 Å². The van der Waals surface area contributed by atoms with E-state index in [9.17, 15) is 8.42 Å². The van der Waals surface area contributed by atoms with Crippen LogP contribution in [-0.4, -0.2) is 46.3 Å². The fourth-order valence-electron chi connectivity index (χ4n) is 1.83. The molecule has 0 atom stereocenters. The van der Waals surface area contributed by atoms with Crippen molar-refractivity contribution in [3.63, 3.8) is 0 Å². The average Bonchev–Trinajstić information content (AvgIpc) is 2.53. The Labute approximate surface area is 143 Å². The number of nitrogens with one attached hydrogen (secondary N) is 3. The first-order chi connectivity index (χ1) is 11.0. The molecule has 130 valence electrons. The van der Waals surface area contributed by atoms with Gasteiger partial charge in [0.25, 0.3) is 0 Å². The van der Waals surface area contributed by atoms with Gasteiger partial charge >= 0.3 is 0 Å². The molecule has 1 aromatic carbocycles. The van der Waals surface area contributed by atoms with Crippen molar-refractivity contribution in [3.05, 3.63) is 34.9 Å². The standard InChI is InChI=1S/C15H25ClN4O2S/c1-3-17-15(19-11-12-20-23(21,22)4-2)18-10-9-13-7-5-6-8-14(13)16/h5-8,20H,3-4,9-12H2,1-2H3,(H2,17,18,19). The van der Waals surface area contributed by atoms with Crippen molar-refractivity contribution in [2.45, 2.75) is 20.3 Å². The highest BCUT2D eigenvalue weighted by molar-refractivity contribution is 7.89. The molecular weight excluding hydrogens is 336 g/mol. The lowest BCUT2D eigenvalue weighted by Crippen LogP contribution is -2.39. The number of hydrogen-bond donors (Lipinski definition) is 3. The molecule has 0 spiro atoms. The second kappa shape index (κ2) is 10.5. The van der Waals surface area contributed by atoms with Crippen LogP contribution < -0.4 is 15.4 Å². The molecule has 0 bridgehead atoms. The van der Waals surface area contributed by atoms with Gasteiger partial charge in [-0.25, -0.2) is 13.1 Å². The predicted octanol–water partition coefficient (Wildman–Crippen LogP) is 1.38. The second-order valence-electron chi connectivity index (χ2n) is 4.83. The summed E-state index contributed by atoms with van der Waals surface area (Å²) in [5, 5.41) is 7.09. The molecule has 23 heavy (non-hydrogen) atoms. The van der Waals surface area contributed by atoms with E-state index < -0.39 is 10.0 Å². The summed E-state index contributed by atoms with van der Waals surface area (Å²) in [4.78, 5) is 4.34. The number of hydrogen-bond acceptors (Lipinski definition) is 3. The zero-order valence-electron chi connectivity index (χ0n) is 13.6. The van der Waals surface area contributed by atoms with Gasteiger partial charge in [0, 0.05) is 24.7 Å². The summed E-state index contributed by atoms with van der Waals surface area (Å²) >= 11 is 6.12. The molecule has 0 fully saturated rings. The molecular formula is C15H25ClN4O2S. The number of benzene rings is 1. The van der Waals surface area contributed by atoms with Gasteiger partial charge in [0.2, 0.25) is 10.0 Å². The van der Waals surface area contributed by atoms with Crippen molar-refractivity contribution >= 4 is 27.6 Å². The van der Waals surface area contributed by atoms with Crippen LogP contribution in [0.25, 0.3) is 0 Å². The van der Waals surface area contributed by atoms with E-state index in [4.69, 9.17) is 11.6 Å². The van der Waals surface area contributed by atoms with Gasteiger partial charge in [-0.15, -0.1) is 0 Å². The quantitative estimate of drug-likeness (QED) is 0.353. The van der Waals surface area contributed by atoms with Gasteiger partial charge in [-0.2, -0.15) is 0 Å². The summed E-state index contributed by atoms with van der Waals surface area (Å²) in [6.45, 7) is 5.67. The van der Waals surface area contributed by atoms with Crippen molar-refractivity contribution in [2.24, 2.45) is 4.99 Å². The molecule has 0 aliphatic heterocycles. The van der Waals surface area contributed by atoms with E-state index in [0.717, 1.165) is 23.6 Å². The smallest absolute Gasteiger partial charge is 0.211 e. The fraction of sp³-hybridized carbons (Fsp3) is 0.533. The van der Waals surface area contributed by atoms with Crippen LogP contribution in [0.2, 0.25) is 5.02 Å². The molecule has 1 rings (SSSR count). The zero-order valence-corrected chi connectivity index (χ0v) is 15.2. The van der Waals surface area contributed by atoms with Crippen molar-refractivity contribution in [3.8, 4) is 0 Å². The summed E-state index contributed by atoms with van der Waals surface area (Å²) in [7, 11) is -3.16. The number of aliphatic imine (C=N–C) groups is 1. The van der Waals surface area contributed by atoms with E-state index >= 15 is 0 Å². The number of halogens is 1. The highest BCUT2D eigenvalue weighted by atomic mass is 35.5. The summed E-state index contributed by atoms with van der Waals surface area (Å²) in [5.74, 6) is 0.739. The Kier molecular flexibility index (Phi) is 8.98. The molecule has 6 nitrogen and oxygen atoms in total. The lowest BCUT2D eigenvalue weighted by molar-refractivity contribution is 0.583. The number of guanidine groups is 1. The summed E-state index contributed by atoms with van der Waals surface area (Å²) in [6, 6.07) is 7.73. The maximum Gasteiger partial charge on any atom is 0.211 e. The van der Waals surface area contributed by atoms with Gasteiger partial charge < -0.3 is 10.6 Å². The summed E-state index contributed by atoms with van der Waals surface area (Å²) < 4.78 is 25.1. The molecule has 3 N–H and O–H groups in total. The third kappa shape index (κ3) is 8.20. The van der Waals surface area contributed by atoms with Crippen molar-refractivity contribution < 1.29 is 8.42 Å². The van der Waals surface area contributed by atoms with Crippen LogP contribution in [0.4, 0.5) is 0 Å². The van der Waals surface area contributed by atoms with Gasteiger partial charge in [0.05, 0.1) is 12.3 Å². The molecule has 1 aromatic rings. The van der Waals surface area contributed by atoms with Gasteiger partial charge in [-0.1, -0.05) is 29.8 Å². The summed E-state index contributed by atoms with van der Waals surface area (Å²) in [6.07, 6.45) is 0.784. The molecule has 8 heteroatoms. The molecule has 0 aliphatic rings. The minimum Gasteiger partial charge on any atom is -0.357 e. The van der Waals surface area contributed by atoms with Gasteiger partial charge in [0.15, 0.2) is 5.96 Å². The maximum atomic E-state index is 11.3. The van der Waals surface area contributed by atoms with Crippen LogP contribution in [0, 0.1) is 0 Å². The van der Waals surface area contributed by atoms with E-state index in [1.54, 1.807) is 6.92 Å². The maximum absolute atomic E-state index is 11.3. The second-order valence-corrected chi connectivity index (χ2v) is 7.33. The molecule has 0 saturated carbocycles. The van der Waals surface area contributed by atoms with Crippen LogP contribution in [0.15, 0.2) is 29.3 Å². The van der Waals surface area contributed by atoms with E-state index in [0.29, 0.717) is 19.0 Å². The van der Waals surface area contributed by atoms with Gasteiger partial charge in [0.1, 0.15) is 0 Å². The normalized spacial score (nSPS) is 12.2. The highest BCUT2D eigenvalue weighted by Gasteiger charge is 2.04. The van der Waals surface area contributed by atoms with Crippen LogP contribution in [0.5, 0.6) is 0 Å². The number of nitrogens with zero attached hydrogens (tertiary/aromatic N) is 1. The van der Waals surface area contributed by atoms with Gasteiger partial charge in [-0.05, 0) is 31.9 Å². The van der Waals surface area contributed by atoms with Crippen LogP contribution in [-0.2, 0) is 16.4 Å². The Morgan fingerprint density at radius 3 is 2.57 bits per heavy atom. The molecule has 0 radical (unpaired) electrons. The van der Waals surface area contributed by atoms with E-state index in [-0.39, 0.29) is 12.3 Å². The lowest BCUT2D eigenvalue weighted by Gasteiger charge is -2.12. The minimum absolute atomic E-state index is 0.0763. The van der Waals surface area contributed by atoms with Crippen LogP contribution >= 0.6 is 11.6 Å². The predicted molar refractivity (Wildman–Crippen MR) is 96.6 cm³/mol. The first kappa shape index (κ1) is 19.7. The Balaban J connectivity index is 2.42. The van der Waals surface area contributed by atoms with E-state index in [1.165, 1.54) is 0 Å². The van der Waals surface area contributed by atoms with Gasteiger partial charge in [-0.3, -0.25) is 4.99 Å². The third-order valence-electron chi connectivity index (χ3n) is 3.07.